The van der Waals surface area contributed by atoms with Crippen LogP contribution in [-0.2, 0) is 0 Å². The maximum atomic E-state index is 8.42. The molecule has 0 aromatic heterocycles. The van der Waals surface area contributed by atoms with Crippen molar-refractivity contribution in [1.29, 1.82) is 5.41 Å². The average molecular weight is 221 g/mol. The zero-order chi connectivity index (χ0) is 12.0. The lowest BCUT2D eigenvalue weighted by atomic mass is 9.43. The van der Waals surface area contributed by atoms with Gasteiger partial charge in [0.2, 0.25) is 0 Å². The van der Waals surface area contributed by atoms with Gasteiger partial charge in [0.05, 0.1) is 0 Å². The van der Waals surface area contributed by atoms with Crippen molar-refractivity contribution < 1.29 is 0 Å². The summed E-state index contributed by atoms with van der Waals surface area (Å²) in [5, 5.41) is 8.42. The molecule has 0 heterocycles. The fourth-order valence-electron chi connectivity index (χ4n) is 4.35. The third-order valence-corrected chi connectivity index (χ3v) is 5.88. The second-order valence-corrected chi connectivity index (χ2v) is 6.73. The minimum Gasteiger partial charge on any atom is -0.309 e. The van der Waals surface area contributed by atoms with Crippen molar-refractivity contribution in [2.45, 2.75) is 66.2 Å². The summed E-state index contributed by atoms with van der Waals surface area (Å²) in [7, 11) is 0. The van der Waals surface area contributed by atoms with Gasteiger partial charge < -0.3 is 5.41 Å². The van der Waals surface area contributed by atoms with Crippen LogP contribution in [0, 0.1) is 28.1 Å². The van der Waals surface area contributed by atoms with E-state index in [-0.39, 0.29) is 0 Å². The highest BCUT2D eigenvalue weighted by Crippen LogP contribution is 2.64. The second-order valence-electron chi connectivity index (χ2n) is 6.73. The number of hydrogen-bond donors (Lipinski definition) is 1. The molecule has 92 valence electrons. The fraction of sp³-hybridized carbons (Fsp3) is 0.933. The van der Waals surface area contributed by atoms with E-state index in [9.17, 15) is 0 Å². The van der Waals surface area contributed by atoms with E-state index in [1.54, 1.807) is 0 Å². The van der Waals surface area contributed by atoms with E-state index in [1.165, 1.54) is 38.5 Å². The molecule has 0 aromatic rings. The van der Waals surface area contributed by atoms with Gasteiger partial charge in [-0.25, -0.2) is 0 Å². The normalized spacial score (nSPS) is 42.9. The van der Waals surface area contributed by atoms with Crippen molar-refractivity contribution in [2.75, 3.05) is 0 Å². The van der Waals surface area contributed by atoms with Crippen LogP contribution in [0.5, 0.6) is 0 Å². The summed E-state index contributed by atoms with van der Waals surface area (Å²) < 4.78 is 0. The summed E-state index contributed by atoms with van der Waals surface area (Å²) in [4.78, 5) is 0. The summed E-state index contributed by atoms with van der Waals surface area (Å²) in [5.41, 5.74) is 2.00. The molecule has 2 aliphatic carbocycles. The van der Waals surface area contributed by atoms with E-state index in [0.29, 0.717) is 22.7 Å². The van der Waals surface area contributed by atoms with E-state index in [1.807, 2.05) is 0 Å². The van der Waals surface area contributed by atoms with Crippen LogP contribution in [0.15, 0.2) is 0 Å². The molecule has 0 bridgehead atoms. The molecule has 0 amide bonds. The van der Waals surface area contributed by atoms with Crippen molar-refractivity contribution in [3.8, 4) is 0 Å². The Balaban J connectivity index is 2.25. The lowest BCUT2D eigenvalue weighted by Crippen LogP contribution is -2.55. The quantitative estimate of drug-likeness (QED) is 0.701. The monoisotopic (exact) mass is 221 g/mol. The van der Waals surface area contributed by atoms with Gasteiger partial charge in [0.1, 0.15) is 0 Å². The molecule has 1 heteroatoms. The third-order valence-electron chi connectivity index (χ3n) is 5.88. The number of nitrogens with one attached hydrogen (secondary N) is 1. The highest BCUT2D eigenvalue weighted by atomic mass is 14.6. The van der Waals surface area contributed by atoms with Crippen LogP contribution in [0.1, 0.15) is 66.2 Å². The molecule has 0 radical (unpaired) electrons. The van der Waals surface area contributed by atoms with Gasteiger partial charge in [-0.15, -0.1) is 0 Å². The lowest BCUT2D eigenvalue weighted by molar-refractivity contribution is -0.0895. The average Bonchev–Trinajstić information content (AvgIpc) is 2.24. The smallest absolute Gasteiger partial charge is 0.0154 e. The molecular formula is C15H27N. The van der Waals surface area contributed by atoms with Gasteiger partial charge >= 0.3 is 0 Å². The largest absolute Gasteiger partial charge is 0.309 e. The predicted molar refractivity (Wildman–Crippen MR) is 70.0 cm³/mol. The Bertz CT molecular complexity index is 288. The van der Waals surface area contributed by atoms with Gasteiger partial charge in [-0.2, -0.15) is 0 Å². The number of rotatable bonds is 2. The van der Waals surface area contributed by atoms with Crippen molar-refractivity contribution in [1.82, 2.24) is 0 Å². The van der Waals surface area contributed by atoms with Gasteiger partial charge in [0.25, 0.3) is 0 Å². The highest BCUT2D eigenvalue weighted by Gasteiger charge is 2.57. The van der Waals surface area contributed by atoms with Gasteiger partial charge in [0, 0.05) is 11.6 Å². The Labute approximate surface area is 101 Å². The maximum absolute atomic E-state index is 8.42. The minimum atomic E-state index is 0.457. The first-order valence-corrected chi connectivity index (χ1v) is 7.03. The third kappa shape index (κ3) is 1.47. The van der Waals surface area contributed by atoms with Crippen LogP contribution in [0.2, 0.25) is 0 Å². The van der Waals surface area contributed by atoms with Gasteiger partial charge in [0.15, 0.2) is 0 Å². The Kier molecular flexibility index (Phi) is 2.92. The van der Waals surface area contributed by atoms with E-state index < -0.39 is 0 Å². The molecule has 2 saturated carbocycles. The summed E-state index contributed by atoms with van der Waals surface area (Å²) >= 11 is 0. The van der Waals surface area contributed by atoms with E-state index >= 15 is 0 Å². The van der Waals surface area contributed by atoms with Gasteiger partial charge in [-0.1, -0.05) is 34.1 Å². The molecule has 2 rings (SSSR count). The lowest BCUT2D eigenvalue weighted by Gasteiger charge is -2.61. The molecule has 1 N–H and O–H groups in total. The van der Waals surface area contributed by atoms with Crippen molar-refractivity contribution in [2.24, 2.45) is 22.7 Å². The fourth-order valence-corrected chi connectivity index (χ4v) is 4.35. The molecule has 0 saturated heterocycles. The van der Waals surface area contributed by atoms with Gasteiger partial charge in [-0.3, -0.25) is 0 Å². The molecule has 0 spiro atoms. The van der Waals surface area contributed by atoms with E-state index in [4.69, 9.17) is 5.41 Å². The molecule has 3 unspecified atom stereocenters. The maximum Gasteiger partial charge on any atom is 0.0154 e. The number of hydrogen-bond acceptors (Lipinski definition) is 1. The van der Waals surface area contributed by atoms with Crippen LogP contribution in [0.25, 0.3) is 0 Å². The summed E-state index contributed by atoms with van der Waals surface area (Å²) in [6, 6.07) is 0. The van der Waals surface area contributed by atoms with Crippen LogP contribution >= 0.6 is 0 Å². The van der Waals surface area contributed by atoms with Gasteiger partial charge in [-0.05, 0) is 48.9 Å². The Hall–Kier alpha value is -0.330. The van der Waals surface area contributed by atoms with Crippen LogP contribution < -0.4 is 0 Å². The Morgan fingerprint density at radius 2 is 1.94 bits per heavy atom. The van der Waals surface area contributed by atoms with Crippen molar-refractivity contribution >= 4 is 5.71 Å². The summed E-state index contributed by atoms with van der Waals surface area (Å²) in [5.74, 6) is 1.13. The SMILES string of the molecule is CCC1(C2CCCC(C)C2=N)CCC1(C)C. The first-order valence-electron chi connectivity index (χ1n) is 7.03. The predicted octanol–water partition coefficient (Wildman–Crippen LogP) is 4.66. The molecular weight excluding hydrogens is 194 g/mol. The zero-order valence-corrected chi connectivity index (χ0v) is 11.4. The molecule has 16 heavy (non-hydrogen) atoms. The van der Waals surface area contributed by atoms with E-state index in [2.05, 4.69) is 27.7 Å². The molecule has 2 aliphatic rings. The molecule has 0 aromatic carbocycles. The molecule has 3 atom stereocenters. The van der Waals surface area contributed by atoms with Crippen LogP contribution in [0.3, 0.4) is 0 Å². The zero-order valence-electron chi connectivity index (χ0n) is 11.4. The van der Waals surface area contributed by atoms with Crippen molar-refractivity contribution in [3.63, 3.8) is 0 Å². The van der Waals surface area contributed by atoms with Crippen LogP contribution in [-0.4, -0.2) is 5.71 Å². The Morgan fingerprint density at radius 1 is 1.25 bits per heavy atom. The molecule has 1 nitrogen and oxygen atoms in total. The summed E-state index contributed by atoms with van der Waals surface area (Å²) in [6.45, 7) is 9.44. The topological polar surface area (TPSA) is 23.9 Å². The highest BCUT2D eigenvalue weighted by molar-refractivity contribution is 5.87. The van der Waals surface area contributed by atoms with Crippen molar-refractivity contribution in [3.05, 3.63) is 0 Å². The first-order chi connectivity index (χ1) is 7.44. The second kappa shape index (κ2) is 3.85. The Morgan fingerprint density at radius 3 is 2.38 bits per heavy atom. The van der Waals surface area contributed by atoms with Crippen LogP contribution in [0.4, 0.5) is 0 Å². The molecule has 2 fully saturated rings. The summed E-state index contributed by atoms with van der Waals surface area (Å²) in [6.07, 6.45) is 7.84. The minimum absolute atomic E-state index is 0.457. The first kappa shape index (κ1) is 12.1. The van der Waals surface area contributed by atoms with E-state index in [0.717, 1.165) is 5.71 Å². The molecule has 0 aliphatic heterocycles. The standard InChI is InChI=1S/C15H27N/c1-5-15(10-9-14(15,3)4)12-8-6-7-11(2)13(12)16/h11-12,16H,5-10H2,1-4H3.